The molecular weight excluding hydrogens is 415 g/mol. The van der Waals surface area contributed by atoms with Gasteiger partial charge in [-0.3, -0.25) is 9.59 Å². The maximum absolute atomic E-state index is 12.6. The number of benzene rings is 1. The van der Waals surface area contributed by atoms with Gasteiger partial charge < -0.3 is 15.1 Å². The average Bonchev–Trinajstić information content (AvgIpc) is 3.44. The minimum atomic E-state index is -5.12. The predicted octanol–water partition coefficient (Wildman–Crippen LogP) is 2.07. The van der Waals surface area contributed by atoms with Gasteiger partial charge in [0, 0.05) is 25.7 Å². The Balaban J connectivity index is 1.32. The minimum Gasteiger partial charge on any atom is -0.360 e. The smallest absolute Gasteiger partial charge is 0.360 e. The lowest BCUT2D eigenvalue weighted by atomic mass is 10.0. The summed E-state index contributed by atoms with van der Waals surface area (Å²) in [6.45, 7) is 1.11. The van der Waals surface area contributed by atoms with Crippen LogP contribution in [-0.4, -0.2) is 52.6 Å². The molecule has 0 spiro atoms. The fraction of sp³-hybridized carbons (Fsp3) is 0.476. The minimum absolute atomic E-state index is 0.0534. The summed E-state index contributed by atoms with van der Waals surface area (Å²) in [4.78, 5) is 42.0. The number of nitrogens with one attached hydrogen (secondary N) is 1. The second-order valence-electron chi connectivity index (χ2n) is 8.02. The van der Waals surface area contributed by atoms with Gasteiger partial charge in [-0.15, -0.1) is 5.06 Å². The fourth-order valence-electron chi connectivity index (χ4n) is 3.71. The standard InChI is InChI=1S/C21H22F3N3O4/c22-21(23,24)20(30)31-27-10-9-17(27)19(29)25-16(13-5-6-13)7-8-18(28)26-11-14-3-1-2-4-15(14)12-26/h1-4,7-8,13,16-17H,5-6,9-12H2,(H,25,29)/b8-7+/t16-,17+/m1/s1. The summed E-state index contributed by atoms with van der Waals surface area (Å²) in [5.74, 6) is -2.86. The lowest BCUT2D eigenvalue weighted by Crippen LogP contribution is -2.58. The summed E-state index contributed by atoms with van der Waals surface area (Å²) in [5.41, 5.74) is 2.21. The molecule has 1 saturated heterocycles. The molecule has 1 aromatic carbocycles. The molecule has 2 amide bonds. The maximum atomic E-state index is 12.6. The number of nitrogens with zero attached hydrogens (tertiary/aromatic N) is 2. The highest BCUT2D eigenvalue weighted by molar-refractivity contribution is 5.88. The Morgan fingerprint density at radius 1 is 1.10 bits per heavy atom. The molecule has 0 radical (unpaired) electrons. The summed E-state index contributed by atoms with van der Waals surface area (Å²) >= 11 is 0. The number of amides is 2. The average molecular weight is 437 g/mol. The predicted molar refractivity (Wildman–Crippen MR) is 102 cm³/mol. The van der Waals surface area contributed by atoms with Crippen molar-refractivity contribution in [1.29, 1.82) is 0 Å². The molecule has 1 N–H and O–H groups in total. The highest BCUT2D eigenvalue weighted by Gasteiger charge is 2.47. The van der Waals surface area contributed by atoms with Crippen LogP contribution in [0, 0.1) is 5.92 Å². The number of fused-ring (bicyclic) bond motifs is 1. The van der Waals surface area contributed by atoms with Crippen LogP contribution in [0.1, 0.15) is 30.4 Å². The van der Waals surface area contributed by atoms with E-state index >= 15 is 0 Å². The Morgan fingerprint density at radius 2 is 1.74 bits per heavy atom. The van der Waals surface area contributed by atoms with Crippen LogP contribution >= 0.6 is 0 Å². The van der Waals surface area contributed by atoms with Gasteiger partial charge in [-0.05, 0) is 36.3 Å². The Bertz CT molecular complexity index is 888. The maximum Gasteiger partial charge on any atom is 0.492 e. The van der Waals surface area contributed by atoms with Crippen LogP contribution in [0.15, 0.2) is 36.4 Å². The molecule has 166 valence electrons. The Labute approximate surface area is 176 Å². The van der Waals surface area contributed by atoms with E-state index < -0.39 is 30.1 Å². The molecule has 1 saturated carbocycles. The number of carbonyl (C=O) groups excluding carboxylic acids is 3. The van der Waals surface area contributed by atoms with Gasteiger partial charge in [0.25, 0.3) is 0 Å². The van der Waals surface area contributed by atoms with Crippen molar-refractivity contribution in [2.45, 2.75) is 50.6 Å². The number of rotatable bonds is 6. The summed E-state index contributed by atoms with van der Waals surface area (Å²) in [6.07, 6.45) is 0.0175. The summed E-state index contributed by atoms with van der Waals surface area (Å²) in [5, 5.41) is 3.52. The quantitative estimate of drug-likeness (QED) is 0.690. The van der Waals surface area contributed by atoms with Gasteiger partial charge in [0.05, 0.1) is 6.04 Å². The van der Waals surface area contributed by atoms with Gasteiger partial charge in [0.15, 0.2) is 0 Å². The zero-order chi connectivity index (χ0) is 22.2. The third kappa shape index (κ3) is 4.90. The van der Waals surface area contributed by atoms with Gasteiger partial charge in [-0.2, -0.15) is 13.2 Å². The van der Waals surface area contributed by atoms with Gasteiger partial charge >= 0.3 is 12.1 Å². The number of hydrogen-bond donors (Lipinski definition) is 1. The highest BCUT2D eigenvalue weighted by atomic mass is 19.4. The van der Waals surface area contributed by atoms with Crippen molar-refractivity contribution in [2.75, 3.05) is 6.54 Å². The molecule has 0 unspecified atom stereocenters. The largest absolute Gasteiger partial charge is 0.492 e. The molecule has 2 aliphatic heterocycles. The van der Waals surface area contributed by atoms with Crippen LogP contribution in [-0.2, 0) is 32.3 Å². The van der Waals surface area contributed by atoms with Crippen molar-refractivity contribution in [1.82, 2.24) is 15.3 Å². The van der Waals surface area contributed by atoms with Crippen LogP contribution in [0.2, 0.25) is 0 Å². The SMILES string of the molecule is O=C(N[C@H](/C=C/C(=O)N1Cc2ccccc2C1)C1CC1)[C@@H]1CCN1OC(=O)C(F)(F)F. The van der Waals surface area contributed by atoms with E-state index in [1.165, 1.54) is 6.08 Å². The van der Waals surface area contributed by atoms with E-state index in [2.05, 4.69) is 10.2 Å². The van der Waals surface area contributed by atoms with E-state index in [9.17, 15) is 27.6 Å². The van der Waals surface area contributed by atoms with Gasteiger partial charge in [0.2, 0.25) is 11.8 Å². The molecular formula is C21H22F3N3O4. The number of halogens is 3. The van der Waals surface area contributed by atoms with E-state index in [0.717, 1.165) is 29.0 Å². The Morgan fingerprint density at radius 3 is 2.26 bits per heavy atom. The molecule has 0 bridgehead atoms. The summed E-state index contributed by atoms with van der Waals surface area (Å²) < 4.78 is 37.1. The first-order valence-electron chi connectivity index (χ1n) is 10.1. The normalized spacial score (nSPS) is 22.0. The highest BCUT2D eigenvalue weighted by Crippen LogP contribution is 2.34. The number of carbonyl (C=O) groups is 3. The Kier molecular flexibility index (Phi) is 5.74. The second kappa shape index (κ2) is 8.33. The number of hydrogen-bond acceptors (Lipinski definition) is 5. The molecule has 4 rings (SSSR count). The molecule has 31 heavy (non-hydrogen) atoms. The fourth-order valence-corrected chi connectivity index (χ4v) is 3.71. The zero-order valence-electron chi connectivity index (χ0n) is 16.6. The molecule has 3 aliphatic rings. The lowest BCUT2D eigenvalue weighted by molar-refractivity contribution is -0.261. The van der Waals surface area contributed by atoms with E-state index in [-0.39, 0.29) is 24.8 Å². The first-order valence-corrected chi connectivity index (χ1v) is 10.1. The van der Waals surface area contributed by atoms with Crippen molar-refractivity contribution >= 4 is 17.8 Å². The van der Waals surface area contributed by atoms with Crippen LogP contribution in [0.4, 0.5) is 13.2 Å². The topological polar surface area (TPSA) is 79.0 Å². The van der Waals surface area contributed by atoms with E-state index in [1.807, 2.05) is 24.3 Å². The molecule has 2 atom stereocenters. The first kappa shape index (κ1) is 21.4. The van der Waals surface area contributed by atoms with Crippen LogP contribution in [0.3, 0.4) is 0 Å². The lowest BCUT2D eigenvalue weighted by Gasteiger charge is -2.37. The molecule has 0 aromatic heterocycles. The second-order valence-corrected chi connectivity index (χ2v) is 8.02. The van der Waals surface area contributed by atoms with Crippen molar-refractivity contribution in [3.63, 3.8) is 0 Å². The van der Waals surface area contributed by atoms with Crippen molar-refractivity contribution in [3.8, 4) is 0 Å². The molecule has 1 aliphatic carbocycles. The van der Waals surface area contributed by atoms with E-state index in [1.54, 1.807) is 11.0 Å². The first-order chi connectivity index (χ1) is 14.7. The molecule has 2 heterocycles. The molecule has 1 aromatic rings. The number of alkyl halides is 3. The third-order valence-corrected chi connectivity index (χ3v) is 5.74. The van der Waals surface area contributed by atoms with Gasteiger partial charge in [0.1, 0.15) is 6.04 Å². The Hall–Kier alpha value is -2.88. The monoisotopic (exact) mass is 437 g/mol. The van der Waals surface area contributed by atoms with Crippen molar-refractivity contribution in [3.05, 3.63) is 47.5 Å². The molecule has 2 fully saturated rings. The van der Waals surface area contributed by atoms with Gasteiger partial charge in [-0.1, -0.05) is 30.3 Å². The van der Waals surface area contributed by atoms with E-state index in [4.69, 9.17) is 0 Å². The van der Waals surface area contributed by atoms with Crippen molar-refractivity contribution < 1.29 is 32.4 Å². The molecule has 7 nitrogen and oxygen atoms in total. The van der Waals surface area contributed by atoms with Crippen molar-refractivity contribution in [2.24, 2.45) is 5.92 Å². The third-order valence-electron chi connectivity index (χ3n) is 5.74. The number of hydroxylamine groups is 2. The summed E-state index contributed by atoms with van der Waals surface area (Å²) in [7, 11) is 0. The van der Waals surface area contributed by atoms with E-state index in [0.29, 0.717) is 13.1 Å². The summed E-state index contributed by atoms with van der Waals surface area (Å²) in [6, 6.07) is 6.45. The molecule has 10 heteroatoms. The van der Waals surface area contributed by atoms with Crippen LogP contribution in [0.25, 0.3) is 0 Å². The zero-order valence-corrected chi connectivity index (χ0v) is 16.6. The van der Waals surface area contributed by atoms with Crippen LogP contribution < -0.4 is 5.32 Å². The van der Waals surface area contributed by atoms with Crippen LogP contribution in [0.5, 0.6) is 0 Å². The van der Waals surface area contributed by atoms with Gasteiger partial charge in [-0.25, -0.2) is 4.79 Å².